The zero-order valence-corrected chi connectivity index (χ0v) is 17.6. The highest BCUT2D eigenvalue weighted by Crippen LogP contribution is 2.46. The molecule has 0 aromatic heterocycles. The molecule has 1 amide bonds. The van der Waals surface area contributed by atoms with Crippen LogP contribution in [0, 0.1) is 16.7 Å². The summed E-state index contributed by atoms with van der Waals surface area (Å²) in [6.07, 6.45) is 0. The van der Waals surface area contributed by atoms with Gasteiger partial charge in [0.2, 0.25) is 5.91 Å². The lowest BCUT2D eigenvalue weighted by Gasteiger charge is -2.34. The van der Waals surface area contributed by atoms with Gasteiger partial charge in [-0.05, 0) is 29.3 Å². The standard InChI is InChI=1S/C25H26N2O4/c1-25(16-26,24(30)27-18(14-28)15-29)23(21-11-5-6-13-22(21)31-2)20-12-7-9-17-8-3-4-10-19(17)20/h3-13,18,23,28-29H,14-15H2,1-2H3,(H,27,30). The van der Waals surface area contributed by atoms with Gasteiger partial charge in [-0.15, -0.1) is 0 Å². The Balaban J connectivity index is 2.27. The van der Waals surface area contributed by atoms with Crippen LogP contribution in [0.4, 0.5) is 0 Å². The van der Waals surface area contributed by atoms with Crippen LogP contribution in [0.3, 0.4) is 0 Å². The van der Waals surface area contributed by atoms with E-state index in [2.05, 4.69) is 11.4 Å². The van der Waals surface area contributed by atoms with Gasteiger partial charge in [0.15, 0.2) is 0 Å². The first-order valence-corrected chi connectivity index (χ1v) is 10.0. The fourth-order valence-electron chi connectivity index (χ4n) is 3.93. The van der Waals surface area contributed by atoms with Crippen molar-refractivity contribution in [2.75, 3.05) is 20.3 Å². The number of nitrogens with zero attached hydrogens (tertiary/aromatic N) is 1. The predicted octanol–water partition coefficient (Wildman–Crippen LogP) is 2.98. The molecule has 160 valence electrons. The molecule has 3 rings (SSSR count). The number of benzene rings is 3. The van der Waals surface area contributed by atoms with E-state index in [-0.39, 0.29) is 0 Å². The van der Waals surface area contributed by atoms with E-state index in [9.17, 15) is 20.3 Å². The van der Waals surface area contributed by atoms with E-state index in [1.54, 1.807) is 20.1 Å². The molecule has 6 nitrogen and oxygen atoms in total. The Labute approximate surface area is 181 Å². The van der Waals surface area contributed by atoms with E-state index >= 15 is 0 Å². The summed E-state index contributed by atoms with van der Waals surface area (Å²) in [5.41, 5.74) is -0.0436. The Morgan fingerprint density at radius 1 is 1.03 bits per heavy atom. The average Bonchev–Trinajstić information content (AvgIpc) is 2.82. The molecule has 2 unspecified atom stereocenters. The molecular formula is C25H26N2O4. The second-order valence-electron chi connectivity index (χ2n) is 7.59. The zero-order valence-electron chi connectivity index (χ0n) is 17.6. The molecule has 3 N–H and O–H groups in total. The molecule has 0 aliphatic carbocycles. The Bertz CT molecular complexity index is 1100. The van der Waals surface area contributed by atoms with Crippen molar-refractivity contribution in [3.05, 3.63) is 77.9 Å². The van der Waals surface area contributed by atoms with Gasteiger partial charge in [0.05, 0.1) is 32.4 Å². The first-order valence-electron chi connectivity index (χ1n) is 10.0. The summed E-state index contributed by atoms with van der Waals surface area (Å²) in [5.74, 6) is -0.680. The lowest BCUT2D eigenvalue weighted by molar-refractivity contribution is -0.129. The molecule has 0 saturated heterocycles. The van der Waals surface area contributed by atoms with Crippen molar-refractivity contribution in [1.82, 2.24) is 5.32 Å². The fraction of sp³-hybridized carbons (Fsp3) is 0.280. The Kier molecular flexibility index (Phi) is 6.91. The van der Waals surface area contributed by atoms with Crippen molar-refractivity contribution < 1.29 is 19.7 Å². The predicted molar refractivity (Wildman–Crippen MR) is 119 cm³/mol. The Hall–Kier alpha value is -3.40. The van der Waals surface area contributed by atoms with Gasteiger partial charge in [0, 0.05) is 11.5 Å². The normalized spacial score (nSPS) is 13.9. The number of aliphatic hydroxyl groups excluding tert-OH is 2. The summed E-state index contributed by atoms with van der Waals surface area (Å²) in [6.45, 7) is 0.710. The monoisotopic (exact) mass is 418 g/mol. The van der Waals surface area contributed by atoms with E-state index in [0.29, 0.717) is 11.3 Å². The topological polar surface area (TPSA) is 103 Å². The van der Waals surface area contributed by atoms with Crippen LogP contribution in [0.1, 0.15) is 24.0 Å². The molecule has 0 heterocycles. The number of amides is 1. The third-order valence-corrected chi connectivity index (χ3v) is 5.64. The van der Waals surface area contributed by atoms with E-state index in [4.69, 9.17) is 4.74 Å². The van der Waals surface area contributed by atoms with Crippen molar-refractivity contribution >= 4 is 16.7 Å². The number of carbonyl (C=O) groups is 1. The maximum atomic E-state index is 13.4. The van der Waals surface area contributed by atoms with Crippen LogP contribution >= 0.6 is 0 Å². The Morgan fingerprint density at radius 2 is 1.65 bits per heavy atom. The summed E-state index contributed by atoms with van der Waals surface area (Å²) < 4.78 is 5.58. The van der Waals surface area contributed by atoms with Crippen LogP contribution in [-0.4, -0.2) is 42.5 Å². The number of nitrogens with one attached hydrogen (secondary N) is 1. The minimum atomic E-state index is -1.55. The van der Waals surface area contributed by atoms with Crippen molar-refractivity contribution in [3.63, 3.8) is 0 Å². The SMILES string of the molecule is COc1ccccc1C(c1cccc2ccccc12)C(C)(C#N)C(=O)NC(CO)CO. The maximum Gasteiger partial charge on any atom is 0.241 e. The van der Waals surface area contributed by atoms with Gasteiger partial charge in [-0.3, -0.25) is 4.79 Å². The second-order valence-corrected chi connectivity index (χ2v) is 7.59. The summed E-state index contributed by atoms with van der Waals surface area (Å²) in [4.78, 5) is 13.4. The number of rotatable bonds is 8. The highest BCUT2D eigenvalue weighted by atomic mass is 16.5. The number of methoxy groups -OCH3 is 1. The minimum absolute atomic E-state index is 0.433. The summed E-state index contributed by atoms with van der Waals surface area (Å²) in [6, 6.07) is 22.3. The molecule has 0 spiro atoms. The molecule has 0 bridgehead atoms. The van der Waals surface area contributed by atoms with Crippen molar-refractivity contribution in [1.29, 1.82) is 5.26 Å². The van der Waals surface area contributed by atoms with Crippen LogP contribution in [-0.2, 0) is 4.79 Å². The van der Waals surface area contributed by atoms with Crippen molar-refractivity contribution in [2.45, 2.75) is 18.9 Å². The summed E-state index contributed by atoms with van der Waals surface area (Å²) in [5, 5.41) is 33.7. The van der Waals surface area contributed by atoms with Crippen LogP contribution in [0.15, 0.2) is 66.7 Å². The highest BCUT2D eigenvalue weighted by Gasteiger charge is 2.45. The number of para-hydroxylation sites is 1. The smallest absolute Gasteiger partial charge is 0.241 e. The van der Waals surface area contributed by atoms with E-state index in [1.807, 2.05) is 60.7 Å². The summed E-state index contributed by atoms with van der Waals surface area (Å²) in [7, 11) is 1.55. The zero-order chi connectivity index (χ0) is 22.4. The molecule has 6 heteroatoms. The van der Waals surface area contributed by atoms with Crippen LogP contribution in [0.25, 0.3) is 10.8 Å². The van der Waals surface area contributed by atoms with E-state index < -0.39 is 36.5 Å². The van der Waals surface area contributed by atoms with Gasteiger partial charge in [0.1, 0.15) is 11.2 Å². The molecule has 0 aliphatic heterocycles. The summed E-state index contributed by atoms with van der Waals surface area (Å²) >= 11 is 0. The fourth-order valence-corrected chi connectivity index (χ4v) is 3.93. The number of hydrogen-bond donors (Lipinski definition) is 3. The number of aliphatic hydroxyl groups is 2. The molecule has 31 heavy (non-hydrogen) atoms. The van der Waals surface area contributed by atoms with E-state index in [1.165, 1.54) is 0 Å². The van der Waals surface area contributed by atoms with Crippen molar-refractivity contribution in [2.24, 2.45) is 5.41 Å². The maximum absolute atomic E-state index is 13.4. The largest absolute Gasteiger partial charge is 0.496 e. The first-order chi connectivity index (χ1) is 15.0. The highest BCUT2D eigenvalue weighted by molar-refractivity contribution is 5.91. The molecule has 0 fully saturated rings. The van der Waals surface area contributed by atoms with Crippen LogP contribution in [0.5, 0.6) is 5.75 Å². The van der Waals surface area contributed by atoms with Crippen molar-refractivity contribution in [3.8, 4) is 11.8 Å². The average molecular weight is 418 g/mol. The van der Waals surface area contributed by atoms with Gasteiger partial charge in [-0.25, -0.2) is 0 Å². The third kappa shape index (κ3) is 4.24. The molecule has 0 saturated carbocycles. The molecule has 3 aromatic rings. The number of nitriles is 1. The van der Waals surface area contributed by atoms with Gasteiger partial charge in [-0.2, -0.15) is 5.26 Å². The van der Waals surface area contributed by atoms with E-state index in [0.717, 1.165) is 16.3 Å². The molecule has 3 aromatic carbocycles. The number of fused-ring (bicyclic) bond motifs is 1. The lowest BCUT2D eigenvalue weighted by Crippen LogP contribution is -2.49. The molecular weight excluding hydrogens is 392 g/mol. The van der Waals surface area contributed by atoms with Gasteiger partial charge < -0.3 is 20.3 Å². The minimum Gasteiger partial charge on any atom is -0.496 e. The molecule has 2 atom stereocenters. The van der Waals surface area contributed by atoms with Gasteiger partial charge >= 0.3 is 0 Å². The molecule has 0 aliphatic rings. The third-order valence-electron chi connectivity index (χ3n) is 5.64. The molecule has 0 radical (unpaired) electrons. The van der Waals surface area contributed by atoms with Crippen LogP contribution < -0.4 is 10.1 Å². The number of hydrogen-bond acceptors (Lipinski definition) is 5. The van der Waals surface area contributed by atoms with Gasteiger partial charge in [-0.1, -0.05) is 60.7 Å². The first kappa shape index (κ1) is 22.3. The number of carbonyl (C=O) groups excluding carboxylic acids is 1. The quantitative estimate of drug-likeness (QED) is 0.522. The van der Waals surface area contributed by atoms with Crippen LogP contribution in [0.2, 0.25) is 0 Å². The van der Waals surface area contributed by atoms with Gasteiger partial charge in [0.25, 0.3) is 0 Å². The Morgan fingerprint density at radius 3 is 2.32 bits per heavy atom. The second kappa shape index (κ2) is 9.61. The number of ether oxygens (including phenoxy) is 1. The lowest BCUT2D eigenvalue weighted by atomic mass is 9.69.